The van der Waals surface area contributed by atoms with E-state index in [9.17, 15) is 0 Å². The molecule has 1 fully saturated rings. The molecule has 0 atom stereocenters. The average molecular weight is 469 g/mol. The van der Waals surface area contributed by atoms with Crippen molar-refractivity contribution >= 4 is 27.4 Å². The number of fused-ring (bicyclic) bond motifs is 3. The van der Waals surface area contributed by atoms with E-state index >= 15 is 0 Å². The van der Waals surface area contributed by atoms with Crippen LogP contribution in [0.2, 0.25) is 0 Å². The van der Waals surface area contributed by atoms with E-state index in [-0.39, 0.29) is 0 Å². The minimum absolute atomic E-state index is 0.792. The van der Waals surface area contributed by atoms with Crippen molar-refractivity contribution in [3.8, 4) is 0 Å². The number of aromatic nitrogens is 2. The molecule has 0 N–H and O–H groups in total. The SMILES string of the molecule is c1ccc(Cc2nc(N3CCN(Cc4ccccc4)CC3)c3c4c(sc3n2)CCCCC4)cc1. The van der Waals surface area contributed by atoms with Gasteiger partial charge in [-0.3, -0.25) is 4.90 Å². The molecular formula is C29H32N4S. The second-order valence-corrected chi connectivity index (χ2v) is 10.7. The van der Waals surface area contributed by atoms with E-state index in [1.165, 1.54) is 59.3 Å². The molecule has 6 rings (SSSR count). The molecule has 3 heterocycles. The average Bonchev–Trinajstić information content (AvgIpc) is 3.06. The van der Waals surface area contributed by atoms with Crippen LogP contribution in [0.4, 0.5) is 5.82 Å². The summed E-state index contributed by atoms with van der Waals surface area (Å²) in [5.41, 5.74) is 4.22. The van der Waals surface area contributed by atoms with Gasteiger partial charge in [-0.25, -0.2) is 9.97 Å². The lowest BCUT2D eigenvalue weighted by molar-refractivity contribution is 0.249. The van der Waals surface area contributed by atoms with E-state index in [1.54, 1.807) is 10.4 Å². The fraction of sp³-hybridized carbons (Fsp3) is 0.379. The largest absolute Gasteiger partial charge is 0.353 e. The summed E-state index contributed by atoms with van der Waals surface area (Å²) in [6, 6.07) is 21.5. The molecule has 1 saturated heterocycles. The Morgan fingerprint density at radius 3 is 2.21 bits per heavy atom. The summed E-state index contributed by atoms with van der Waals surface area (Å²) in [6.45, 7) is 5.21. The molecule has 0 saturated carbocycles. The molecule has 1 aliphatic heterocycles. The van der Waals surface area contributed by atoms with Gasteiger partial charge in [-0.1, -0.05) is 67.1 Å². The molecule has 0 bridgehead atoms. The van der Waals surface area contributed by atoms with Crippen LogP contribution in [0, 0.1) is 0 Å². The second kappa shape index (κ2) is 9.85. The maximum Gasteiger partial charge on any atom is 0.141 e. The monoisotopic (exact) mass is 468 g/mol. The molecule has 34 heavy (non-hydrogen) atoms. The molecular weight excluding hydrogens is 436 g/mol. The van der Waals surface area contributed by atoms with Crippen LogP contribution in [-0.2, 0) is 25.8 Å². The highest BCUT2D eigenvalue weighted by atomic mass is 32.1. The maximum atomic E-state index is 5.24. The quantitative estimate of drug-likeness (QED) is 0.343. The molecule has 2 aliphatic rings. The minimum Gasteiger partial charge on any atom is -0.353 e. The van der Waals surface area contributed by atoms with Crippen LogP contribution < -0.4 is 4.90 Å². The van der Waals surface area contributed by atoms with Gasteiger partial charge in [0.25, 0.3) is 0 Å². The summed E-state index contributed by atoms with van der Waals surface area (Å²) in [7, 11) is 0. The van der Waals surface area contributed by atoms with Crippen LogP contribution in [-0.4, -0.2) is 41.0 Å². The van der Waals surface area contributed by atoms with Crippen LogP contribution in [0.3, 0.4) is 0 Å². The van der Waals surface area contributed by atoms with E-state index < -0.39 is 0 Å². The van der Waals surface area contributed by atoms with Crippen LogP contribution in [0.15, 0.2) is 60.7 Å². The topological polar surface area (TPSA) is 32.3 Å². The van der Waals surface area contributed by atoms with E-state index in [1.807, 2.05) is 11.3 Å². The zero-order chi connectivity index (χ0) is 22.7. The van der Waals surface area contributed by atoms with Gasteiger partial charge in [0.1, 0.15) is 16.5 Å². The minimum atomic E-state index is 0.792. The Labute approximate surface area is 206 Å². The number of thiophene rings is 1. The van der Waals surface area contributed by atoms with Gasteiger partial charge in [-0.2, -0.15) is 0 Å². The molecule has 2 aromatic carbocycles. The van der Waals surface area contributed by atoms with E-state index in [0.29, 0.717) is 0 Å². The van der Waals surface area contributed by atoms with Crippen molar-refractivity contribution in [3.05, 3.63) is 88.1 Å². The standard InChI is InChI=1S/C29H32N4S/c1-4-10-22(11-5-1)20-26-30-28(27-24-14-8-3-9-15-25(24)34-29(27)31-26)33-18-16-32(17-19-33)21-23-12-6-2-7-13-23/h1-2,4-7,10-13H,3,8-9,14-21H2. The van der Waals surface area contributed by atoms with Crippen LogP contribution in [0.25, 0.3) is 10.2 Å². The first-order chi connectivity index (χ1) is 16.8. The Bertz CT molecular complexity index is 1240. The highest BCUT2D eigenvalue weighted by Crippen LogP contribution is 2.39. The Morgan fingerprint density at radius 1 is 0.735 bits per heavy atom. The molecule has 174 valence electrons. The number of hydrogen-bond acceptors (Lipinski definition) is 5. The van der Waals surface area contributed by atoms with Crippen molar-refractivity contribution in [2.45, 2.75) is 45.1 Å². The predicted molar refractivity (Wildman–Crippen MR) is 142 cm³/mol. The number of anilines is 1. The van der Waals surface area contributed by atoms with Gasteiger partial charge in [-0.15, -0.1) is 11.3 Å². The lowest BCUT2D eigenvalue weighted by Crippen LogP contribution is -2.46. The van der Waals surface area contributed by atoms with Gasteiger partial charge in [0.2, 0.25) is 0 Å². The predicted octanol–water partition coefficient (Wildman–Crippen LogP) is 5.87. The number of piperazine rings is 1. The fourth-order valence-corrected chi connectivity index (χ4v) is 6.68. The second-order valence-electron chi connectivity index (χ2n) is 9.62. The summed E-state index contributed by atoms with van der Waals surface area (Å²) >= 11 is 1.93. The zero-order valence-electron chi connectivity index (χ0n) is 19.7. The molecule has 4 nitrogen and oxygen atoms in total. The Kier molecular flexibility index (Phi) is 6.30. The van der Waals surface area contributed by atoms with Gasteiger partial charge < -0.3 is 4.90 Å². The first-order valence-corrected chi connectivity index (χ1v) is 13.5. The maximum absolute atomic E-state index is 5.24. The van der Waals surface area contributed by atoms with Gasteiger partial charge >= 0.3 is 0 Å². The van der Waals surface area contributed by atoms with Crippen molar-refractivity contribution in [3.63, 3.8) is 0 Å². The van der Waals surface area contributed by atoms with Crippen molar-refractivity contribution in [2.24, 2.45) is 0 Å². The molecule has 0 radical (unpaired) electrons. The Hall–Kier alpha value is -2.76. The molecule has 2 aromatic heterocycles. The first kappa shape index (κ1) is 21.8. The van der Waals surface area contributed by atoms with Crippen molar-refractivity contribution in [2.75, 3.05) is 31.1 Å². The number of nitrogens with zero attached hydrogens (tertiary/aromatic N) is 4. The van der Waals surface area contributed by atoms with Gasteiger partial charge in [0, 0.05) is 44.0 Å². The molecule has 0 amide bonds. The number of rotatable bonds is 5. The number of benzene rings is 2. The number of aryl methyl sites for hydroxylation is 2. The normalized spacial score (nSPS) is 17.0. The summed E-state index contributed by atoms with van der Waals surface area (Å²) < 4.78 is 0. The Balaban J connectivity index is 1.31. The summed E-state index contributed by atoms with van der Waals surface area (Å²) in [6.07, 6.45) is 7.10. The lowest BCUT2D eigenvalue weighted by Gasteiger charge is -2.36. The lowest BCUT2D eigenvalue weighted by atomic mass is 10.1. The van der Waals surface area contributed by atoms with Crippen molar-refractivity contribution in [1.82, 2.24) is 14.9 Å². The summed E-state index contributed by atoms with van der Waals surface area (Å²) in [5.74, 6) is 2.14. The molecule has 1 aliphatic carbocycles. The highest BCUT2D eigenvalue weighted by Gasteiger charge is 2.25. The smallest absolute Gasteiger partial charge is 0.141 e. The Morgan fingerprint density at radius 2 is 1.44 bits per heavy atom. The van der Waals surface area contributed by atoms with E-state index in [2.05, 4.69) is 70.5 Å². The number of hydrogen-bond donors (Lipinski definition) is 0. The van der Waals surface area contributed by atoms with Crippen molar-refractivity contribution in [1.29, 1.82) is 0 Å². The van der Waals surface area contributed by atoms with E-state index in [0.717, 1.165) is 45.0 Å². The van der Waals surface area contributed by atoms with Crippen LogP contribution in [0.5, 0.6) is 0 Å². The third kappa shape index (κ3) is 4.59. The van der Waals surface area contributed by atoms with Gasteiger partial charge in [-0.05, 0) is 42.4 Å². The summed E-state index contributed by atoms with van der Waals surface area (Å²) in [5, 5.41) is 1.36. The molecule has 0 unspecified atom stereocenters. The van der Waals surface area contributed by atoms with Gasteiger partial charge in [0.15, 0.2) is 0 Å². The first-order valence-electron chi connectivity index (χ1n) is 12.7. The molecule has 0 spiro atoms. The fourth-order valence-electron chi connectivity index (χ4n) is 5.40. The van der Waals surface area contributed by atoms with E-state index in [4.69, 9.17) is 9.97 Å². The molecule has 4 aromatic rings. The van der Waals surface area contributed by atoms with Crippen molar-refractivity contribution < 1.29 is 0 Å². The molecule has 5 heteroatoms. The van der Waals surface area contributed by atoms with Crippen LogP contribution >= 0.6 is 11.3 Å². The highest BCUT2D eigenvalue weighted by molar-refractivity contribution is 7.19. The van der Waals surface area contributed by atoms with Gasteiger partial charge in [0.05, 0.1) is 5.39 Å². The zero-order valence-corrected chi connectivity index (χ0v) is 20.6. The summed E-state index contributed by atoms with van der Waals surface area (Å²) in [4.78, 5) is 18.2. The third-order valence-electron chi connectivity index (χ3n) is 7.22. The van der Waals surface area contributed by atoms with Crippen LogP contribution in [0.1, 0.15) is 46.7 Å². The third-order valence-corrected chi connectivity index (χ3v) is 8.40.